The highest BCUT2D eigenvalue weighted by Crippen LogP contribution is 2.22. The van der Waals surface area contributed by atoms with Gasteiger partial charge in [0.05, 0.1) is 0 Å². The molecule has 0 saturated carbocycles. The molecule has 1 amide bonds. The number of carbonyl (C=O) groups is 1. The number of benzene rings is 1. The maximum absolute atomic E-state index is 11.1. The van der Waals surface area contributed by atoms with Gasteiger partial charge >= 0.3 is 0 Å². The van der Waals surface area contributed by atoms with E-state index in [1.165, 1.54) is 0 Å². The van der Waals surface area contributed by atoms with Gasteiger partial charge in [-0.05, 0) is 30.7 Å². The zero-order chi connectivity index (χ0) is 11.5. The smallest absolute Gasteiger partial charge is 0.248 e. The van der Waals surface area contributed by atoms with Gasteiger partial charge < -0.3 is 5.73 Å². The molecule has 0 aliphatic heterocycles. The van der Waals surface area contributed by atoms with E-state index in [4.69, 9.17) is 5.73 Å². The molecule has 80 valence electrons. The van der Waals surface area contributed by atoms with E-state index in [2.05, 4.69) is 4.98 Å². The third-order valence-electron chi connectivity index (χ3n) is 2.47. The summed E-state index contributed by atoms with van der Waals surface area (Å²) in [4.78, 5) is 15.3. The van der Waals surface area contributed by atoms with Crippen LogP contribution in [0.3, 0.4) is 0 Å². The number of hydrogen-bond donors (Lipinski definition) is 1. The highest BCUT2D eigenvalue weighted by molar-refractivity contribution is 5.94. The van der Waals surface area contributed by atoms with Gasteiger partial charge in [0.25, 0.3) is 0 Å². The van der Waals surface area contributed by atoms with Crippen LogP contribution in [0.15, 0.2) is 42.6 Å². The van der Waals surface area contributed by atoms with Crippen LogP contribution in [0.25, 0.3) is 11.1 Å². The molecule has 1 aromatic heterocycles. The fourth-order valence-electron chi connectivity index (χ4n) is 1.63. The van der Waals surface area contributed by atoms with Gasteiger partial charge in [-0.3, -0.25) is 9.78 Å². The average Bonchev–Trinajstić information content (AvgIpc) is 2.30. The zero-order valence-electron chi connectivity index (χ0n) is 8.97. The van der Waals surface area contributed by atoms with Crippen LogP contribution < -0.4 is 5.73 Å². The standard InChI is InChI=1S/C13H12N2O/c1-9-12(6-3-7-15-9)10-4-2-5-11(8-10)13(14)16/h2-8H,1H3,(H2,14,16). The number of rotatable bonds is 2. The van der Waals surface area contributed by atoms with Crippen LogP contribution in [-0.2, 0) is 0 Å². The zero-order valence-corrected chi connectivity index (χ0v) is 8.97. The quantitative estimate of drug-likeness (QED) is 0.829. The number of primary amides is 1. The Bertz CT molecular complexity index is 535. The summed E-state index contributed by atoms with van der Waals surface area (Å²) in [6, 6.07) is 11.1. The monoisotopic (exact) mass is 212 g/mol. The third kappa shape index (κ3) is 1.93. The first-order valence-corrected chi connectivity index (χ1v) is 5.00. The van der Waals surface area contributed by atoms with Gasteiger partial charge in [-0.2, -0.15) is 0 Å². The highest BCUT2D eigenvalue weighted by atomic mass is 16.1. The summed E-state index contributed by atoms with van der Waals surface area (Å²) in [5, 5.41) is 0. The van der Waals surface area contributed by atoms with Crippen molar-refractivity contribution in [1.29, 1.82) is 0 Å². The molecule has 0 saturated heterocycles. The van der Waals surface area contributed by atoms with E-state index in [1.807, 2.05) is 31.2 Å². The summed E-state index contributed by atoms with van der Waals surface area (Å²) in [7, 11) is 0. The van der Waals surface area contributed by atoms with Crippen LogP contribution in [0.5, 0.6) is 0 Å². The molecule has 3 nitrogen and oxygen atoms in total. The minimum atomic E-state index is -0.414. The van der Waals surface area contributed by atoms with Crippen molar-refractivity contribution in [2.45, 2.75) is 6.92 Å². The van der Waals surface area contributed by atoms with Gasteiger partial charge in [-0.25, -0.2) is 0 Å². The highest BCUT2D eigenvalue weighted by Gasteiger charge is 2.05. The number of aryl methyl sites for hydroxylation is 1. The Balaban J connectivity index is 2.53. The Morgan fingerprint density at radius 1 is 1.25 bits per heavy atom. The predicted molar refractivity (Wildman–Crippen MR) is 62.9 cm³/mol. The summed E-state index contributed by atoms with van der Waals surface area (Å²) in [5.74, 6) is -0.414. The molecule has 0 unspecified atom stereocenters. The molecule has 0 atom stereocenters. The van der Waals surface area contributed by atoms with Gasteiger partial charge in [-0.1, -0.05) is 18.2 Å². The van der Waals surface area contributed by atoms with Crippen LogP contribution in [0.4, 0.5) is 0 Å². The number of carbonyl (C=O) groups excluding carboxylic acids is 1. The number of pyridine rings is 1. The second-order valence-electron chi connectivity index (χ2n) is 3.58. The minimum Gasteiger partial charge on any atom is -0.366 e. The summed E-state index contributed by atoms with van der Waals surface area (Å²) >= 11 is 0. The largest absolute Gasteiger partial charge is 0.366 e. The molecular formula is C13H12N2O. The molecule has 1 aromatic carbocycles. The van der Waals surface area contributed by atoms with Gasteiger partial charge in [0.15, 0.2) is 0 Å². The summed E-state index contributed by atoms with van der Waals surface area (Å²) < 4.78 is 0. The average molecular weight is 212 g/mol. The Hall–Kier alpha value is -2.16. The molecule has 0 aliphatic carbocycles. The van der Waals surface area contributed by atoms with Crippen molar-refractivity contribution in [3.05, 3.63) is 53.9 Å². The molecule has 2 aromatic rings. The number of nitrogens with zero attached hydrogens (tertiary/aromatic N) is 1. The van der Waals surface area contributed by atoms with Gasteiger partial charge in [-0.15, -0.1) is 0 Å². The molecule has 0 spiro atoms. The van der Waals surface area contributed by atoms with E-state index in [9.17, 15) is 4.79 Å². The van der Waals surface area contributed by atoms with Crippen molar-refractivity contribution in [2.24, 2.45) is 5.73 Å². The van der Waals surface area contributed by atoms with Crippen LogP contribution >= 0.6 is 0 Å². The molecule has 0 radical (unpaired) electrons. The Labute approximate surface area is 93.9 Å². The lowest BCUT2D eigenvalue weighted by molar-refractivity contribution is 0.100. The number of amides is 1. The first-order chi connectivity index (χ1) is 7.68. The van der Waals surface area contributed by atoms with Crippen LogP contribution in [0.2, 0.25) is 0 Å². The second kappa shape index (κ2) is 4.14. The fourth-order valence-corrected chi connectivity index (χ4v) is 1.63. The van der Waals surface area contributed by atoms with Crippen LogP contribution in [0, 0.1) is 6.92 Å². The molecular weight excluding hydrogens is 200 g/mol. The Kier molecular flexibility index (Phi) is 2.68. The predicted octanol–water partition coefficient (Wildman–Crippen LogP) is 2.16. The number of nitrogens with two attached hydrogens (primary N) is 1. The first-order valence-electron chi connectivity index (χ1n) is 5.00. The maximum atomic E-state index is 11.1. The van der Waals surface area contributed by atoms with E-state index in [-0.39, 0.29) is 0 Å². The molecule has 3 heteroatoms. The van der Waals surface area contributed by atoms with Crippen molar-refractivity contribution in [3.8, 4) is 11.1 Å². The summed E-state index contributed by atoms with van der Waals surface area (Å²) in [6.07, 6.45) is 1.75. The van der Waals surface area contributed by atoms with Gasteiger partial charge in [0, 0.05) is 23.0 Å². The molecule has 16 heavy (non-hydrogen) atoms. The summed E-state index contributed by atoms with van der Waals surface area (Å²) in [6.45, 7) is 1.94. The Morgan fingerprint density at radius 3 is 2.75 bits per heavy atom. The molecule has 2 N–H and O–H groups in total. The lowest BCUT2D eigenvalue weighted by atomic mass is 10.0. The molecule has 0 bridgehead atoms. The third-order valence-corrected chi connectivity index (χ3v) is 2.47. The van der Waals surface area contributed by atoms with E-state index >= 15 is 0 Å². The Morgan fingerprint density at radius 2 is 2.06 bits per heavy atom. The molecule has 0 aliphatic rings. The van der Waals surface area contributed by atoms with E-state index in [1.54, 1.807) is 18.3 Å². The van der Waals surface area contributed by atoms with Gasteiger partial charge in [0.2, 0.25) is 5.91 Å². The van der Waals surface area contributed by atoms with Crippen LogP contribution in [-0.4, -0.2) is 10.9 Å². The number of aromatic nitrogens is 1. The normalized spacial score (nSPS) is 10.1. The maximum Gasteiger partial charge on any atom is 0.248 e. The topological polar surface area (TPSA) is 56.0 Å². The van der Waals surface area contributed by atoms with E-state index in [0.717, 1.165) is 16.8 Å². The van der Waals surface area contributed by atoms with Crippen LogP contribution in [0.1, 0.15) is 16.1 Å². The minimum absolute atomic E-state index is 0.414. The molecule has 2 rings (SSSR count). The van der Waals surface area contributed by atoms with Gasteiger partial charge in [0.1, 0.15) is 0 Å². The van der Waals surface area contributed by atoms with E-state index < -0.39 is 5.91 Å². The lowest BCUT2D eigenvalue weighted by Gasteiger charge is -2.05. The summed E-state index contributed by atoms with van der Waals surface area (Å²) in [5.41, 5.74) is 8.67. The molecule has 1 heterocycles. The second-order valence-corrected chi connectivity index (χ2v) is 3.58. The van der Waals surface area contributed by atoms with E-state index in [0.29, 0.717) is 5.56 Å². The number of hydrogen-bond acceptors (Lipinski definition) is 2. The van der Waals surface area contributed by atoms with Crippen molar-refractivity contribution in [3.63, 3.8) is 0 Å². The van der Waals surface area contributed by atoms with Crippen molar-refractivity contribution in [1.82, 2.24) is 4.98 Å². The van der Waals surface area contributed by atoms with Crippen molar-refractivity contribution < 1.29 is 4.79 Å². The fraction of sp³-hybridized carbons (Fsp3) is 0.0769. The SMILES string of the molecule is Cc1ncccc1-c1cccc(C(N)=O)c1. The van der Waals surface area contributed by atoms with Crippen molar-refractivity contribution in [2.75, 3.05) is 0 Å². The van der Waals surface area contributed by atoms with Crippen molar-refractivity contribution >= 4 is 5.91 Å². The first kappa shape index (κ1) is 10.4. The molecule has 0 fully saturated rings. The lowest BCUT2D eigenvalue weighted by Crippen LogP contribution is -2.10.